The van der Waals surface area contributed by atoms with Gasteiger partial charge in [0.1, 0.15) is 11.5 Å². The van der Waals surface area contributed by atoms with Crippen molar-refractivity contribution >= 4 is 29.9 Å². The summed E-state index contributed by atoms with van der Waals surface area (Å²) in [6.45, 7) is 3.58. The fraction of sp³-hybridized carbons (Fsp3) is 0.533. The number of aliphatic imine (C=N–C) groups is 1. The van der Waals surface area contributed by atoms with Gasteiger partial charge < -0.3 is 20.5 Å². The number of phenols is 1. The molecule has 0 aromatic heterocycles. The lowest BCUT2D eigenvalue weighted by molar-refractivity contribution is 0.410. The van der Waals surface area contributed by atoms with Crippen LogP contribution in [-0.2, 0) is 6.54 Å². The molecule has 0 amide bonds. The summed E-state index contributed by atoms with van der Waals surface area (Å²) in [7, 11) is 3.35. The number of benzene rings is 1. The minimum absolute atomic E-state index is 0. The summed E-state index contributed by atoms with van der Waals surface area (Å²) in [6.07, 6.45) is 3.54. The highest BCUT2D eigenvalue weighted by atomic mass is 127. The van der Waals surface area contributed by atoms with Gasteiger partial charge in [0.25, 0.3) is 0 Å². The molecule has 0 atom stereocenters. The quantitative estimate of drug-likeness (QED) is 0.282. The van der Waals surface area contributed by atoms with Crippen LogP contribution in [0.5, 0.6) is 11.5 Å². The molecule has 5 nitrogen and oxygen atoms in total. The lowest BCUT2D eigenvalue weighted by atomic mass is 10.2. The van der Waals surface area contributed by atoms with Gasteiger partial charge in [-0.1, -0.05) is 19.8 Å². The van der Waals surface area contributed by atoms with Gasteiger partial charge in [0.15, 0.2) is 5.96 Å². The molecule has 21 heavy (non-hydrogen) atoms. The van der Waals surface area contributed by atoms with Gasteiger partial charge in [-0.3, -0.25) is 4.99 Å². The van der Waals surface area contributed by atoms with Crippen LogP contribution in [-0.4, -0.2) is 31.8 Å². The lowest BCUT2D eigenvalue weighted by Crippen LogP contribution is -2.37. The molecule has 0 radical (unpaired) electrons. The Kier molecular flexibility index (Phi) is 10.8. The smallest absolute Gasteiger partial charge is 0.191 e. The largest absolute Gasteiger partial charge is 0.508 e. The molecule has 0 aliphatic carbocycles. The predicted octanol–water partition coefficient (Wildman–Crippen LogP) is 2.87. The van der Waals surface area contributed by atoms with Crippen molar-refractivity contribution in [2.75, 3.05) is 20.7 Å². The van der Waals surface area contributed by atoms with E-state index < -0.39 is 0 Å². The van der Waals surface area contributed by atoms with Gasteiger partial charge in [0.2, 0.25) is 0 Å². The first-order valence-electron chi connectivity index (χ1n) is 7.01. The average Bonchev–Trinajstić information content (AvgIpc) is 2.48. The van der Waals surface area contributed by atoms with Crippen molar-refractivity contribution in [3.63, 3.8) is 0 Å². The van der Waals surface area contributed by atoms with Crippen LogP contribution in [0.25, 0.3) is 0 Å². The zero-order valence-electron chi connectivity index (χ0n) is 13.0. The molecule has 0 saturated carbocycles. The van der Waals surface area contributed by atoms with Crippen LogP contribution in [0.4, 0.5) is 0 Å². The van der Waals surface area contributed by atoms with E-state index in [1.54, 1.807) is 26.3 Å². The highest BCUT2D eigenvalue weighted by molar-refractivity contribution is 14.0. The van der Waals surface area contributed by atoms with Gasteiger partial charge >= 0.3 is 0 Å². The van der Waals surface area contributed by atoms with E-state index >= 15 is 0 Å². The van der Waals surface area contributed by atoms with Crippen LogP contribution in [0.15, 0.2) is 23.2 Å². The summed E-state index contributed by atoms with van der Waals surface area (Å²) >= 11 is 0. The van der Waals surface area contributed by atoms with Gasteiger partial charge in [-0.2, -0.15) is 0 Å². The molecule has 6 heteroatoms. The van der Waals surface area contributed by atoms with Crippen molar-refractivity contribution in [1.29, 1.82) is 0 Å². The Bertz CT molecular complexity index is 439. The van der Waals surface area contributed by atoms with E-state index in [9.17, 15) is 5.11 Å². The molecular weight excluding hydrogens is 381 g/mol. The fourth-order valence-corrected chi connectivity index (χ4v) is 1.81. The summed E-state index contributed by atoms with van der Waals surface area (Å²) in [5, 5.41) is 16.2. The first kappa shape index (κ1) is 19.8. The molecule has 0 heterocycles. The number of ether oxygens (including phenoxy) is 1. The van der Waals surface area contributed by atoms with Crippen molar-refractivity contribution in [3.05, 3.63) is 23.8 Å². The van der Waals surface area contributed by atoms with Crippen molar-refractivity contribution in [2.24, 2.45) is 4.99 Å². The first-order chi connectivity index (χ1) is 9.71. The standard InChI is InChI=1S/C15H25N3O2.HI/c1-4-5-6-9-17-15(16-2)18-11-12-10-13(20-3)7-8-14(12)19;/h7-8,10,19H,4-6,9,11H2,1-3H3,(H2,16,17,18);1H. The van der Waals surface area contributed by atoms with E-state index in [1.165, 1.54) is 12.8 Å². The number of nitrogens with one attached hydrogen (secondary N) is 2. The molecular formula is C15H26IN3O2. The van der Waals surface area contributed by atoms with Crippen molar-refractivity contribution < 1.29 is 9.84 Å². The lowest BCUT2D eigenvalue weighted by Gasteiger charge is -2.13. The maximum Gasteiger partial charge on any atom is 0.191 e. The summed E-state index contributed by atoms with van der Waals surface area (Å²) in [5.74, 6) is 1.72. The number of rotatable bonds is 7. The van der Waals surface area contributed by atoms with Gasteiger partial charge in [-0.05, 0) is 24.6 Å². The fourth-order valence-electron chi connectivity index (χ4n) is 1.81. The number of guanidine groups is 1. The number of phenolic OH excluding ortho intramolecular Hbond substituents is 1. The zero-order chi connectivity index (χ0) is 14.8. The third-order valence-electron chi connectivity index (χ3n) is 3.03. The number of unbranched alkanes of at least 4 members (excludes halogenated alkanes) is 2. The van der Waals surface area contributed by atoms with Crippen LogP contribution in [0.1, 0.15) is 31.7 Å². The predicted molar refractivity (Wildman–Crippen MR) is 97.8 cm³/mol. The third-order valence-corrected chi connectivity index (χ3v) is 3.03. The van der Waals surface area contributed by atoms with Crippen LogP contribution in [0, 0.1) is 0 Å². The highest BCUT2D eigenvalue weighted by Crippen LogP contribution is 2.22. The molecule has 0 fully saturated rings. The van der Waals surface area contributed by atoms with Crippen LogP contribution in [0.3, 0.4) is 0 Å². The van der Waals surface area contributed by atoms with E-state index in [4.69, 9.17) is 4.74 Å². The average molecular weight is 407 g/mol. The maximum atomic E-state index is 9.81. The number of aromatic hydroxyl groups is 1. The van der Waals surface area contributed by atoms with Crippen molar-refractivity contribution in [1.82, 2.24) is 10.6 Å². The SMILES string of the molecule is CCCCCNC(=NC)NCc1cc(OC)ccc1O.I. The molecule has 0 bridgehead atoms. The molecule has 1 aromatic carbocycles. The minimum atomic E-state index is 0. The van der Waals surface area contributed by atoms with Gasteiger partial charge in [-0.25, -0.2) is 0 Å². The normalized spacial score (nSPS) is 10.7. The second-order valence-corrected chi connectivity index (χ2v) is 4.55. The molecule has 3 N–H and O–H groups in total. The monoisotopic (exact) mass is 407 g/mol. The molecule has 0 unspecified atom stereocenters. The van der Waals surface area contributed by atoms with E-state index in [-0.39, 0.29) is 29.7 Å². The molecule has 0 saturated heterocycles. The number of hydrogen-bond acceptors (Lipinski definition) is 3. The van der Waals surface area contributed by atoms with Crippen LogP contribution in [0.2, 0.25) is 0 Å². The van der Waals surface area contributed by atoms with Gasteiger partial charge in [-0.15, -0.1) is 24.0 Å². The van der Waals surface area contributed by atoms with E-state index in [0.717, 1.165) is 30.2 Å². The van der Waals surface area contributed by atoms with E-state index in [2.05, 4.69) is 22.5 Å². The number of hydrogen-bond donors (Lipinski definition) is 3. The summed E-state index contributed by atoms with van der Waals surface area (Å²) < 4.78 is 5.15. The minimum Gasteiger partial charge on any atom is -0.508 e. The molecule has 120 valence electrons. The van der Waals surface area contributed by atoms with Crippen LogP contribution < -0.4 is 15.4 Å². The zero-order valence-corrected chi connectivity index (χ0v) is 15.3. The first-order valence-corrected chi connectivity index (χ1v) is 7.01. The van der Waals surface area contributed by atoms with Crippen LogP contribution >= 0.6 is 24.0 Å². The van der Waals surface area contributed by atoms with Gasteiger partial charge in [0, 0.05) is 25.7 Å². The van der Waals surface area contributed by atoms with Gasteiger partial charge in [0.05, 0.1) is 7.11 Å². The van der Waals surface area contributed by atoms with Crippen molar-refractivity contribution in [2.45, 2.75) is 32.7 Å². The Balaban J connectivity index is 0.00000400. The Labute approximate surface area is 144 Å². The Hall–Kier alpha value is -1.18. The topological polar surface area (TPSA) is 65.9 Å². The number of methoxy groups -OCH3 is 1. The second-order valence-electron chi connectivity index (χ2n) is 4.55. The van der Waals surface area contributed by atoms with E-state index in [1.807, 2.05) is 6.07 Å². The van der Waals surface area contributed by atoms with E-state index in [0.29, 0.717) is 6.54 Å². The second kappa shape index (κ2) is 11.5. The summed E-state index contributed by atoms with van der Waals surface area (Å²) in [5.41, 5.74) is 0.779. The highest BCUT2D eigenvalue weighted by Gasteiger charge is 2.04. The summed E-state index contributed by atoms with van der Waals surface area (Å²) in [6, 6.07) is 5.18. The number of halogens is 1. The molecule has 1 aromatic rings. The molecule has 0 aliphatic rings. The Morgan fingerprint density at radius 2 is 2.05 bits per heavy atom. The Morgan fingerprint density at radius 3 is 2.67 bits per heavy atom. The number of nitrogens with zero attached hydrogens (tertiary/aromatic N) is 1. The van der Waals surface area contributed by atoms with Crippen molar-refractivity contribution in [3.8, 4) is 11.5 Å². The molecule has 0 spiro atoms. The molecule has 0 aliphatic heterocycles. The third kappa shape index (κ3) is 7.40. The maximum absolute atomic E-state index is 9.81. The Morgan fingerprint density at radius 1 is 1.29 bits per heavy atom. The molecule has 1 rings (SSSR count). The summed E-state index contributed by atoms with van der Waals surface area (Å²) in [4.78, 5) is 4.15.